The molecule has 0 bridgehead atoms. The lowest BCUT2D eigenvalue weighted by Crippen LogP contribution is -2.55. The maximum Gasteiger partial charge on any atom is 0.250 e. The minimum atomic E-state index is -1.40. The summed E-state index contributed by atoms with van der Waals surface area (Å²) in [4.78, 5) is 13.3. The molecule has 1 heterocycles. The van der Waals surface area contributed by atoms with Crippen molar-refractivity contribution in [3.8, 4) is 0 Å². The van der Waals surface area contributed by atoms with Crippen molar-refractivity contribution in [3.05, 3.63) is 33.3 Å². The molecule has 1 amide bonds. The van der Waals surface area contributed by atoms with Gasteiger partial charge in [0.15, 0.2) is 5.60 Å². The molecule has 3 N–H and O–H groups in total. The van der Waals surface area contributed by atoms with Crippen molar-refractivity contribution in [1.82, 2.24) is 4.90 Å². The van der Waals surface area contributed by atoms with Crippen LogP contribution in [-0.2, 0) is 11.3 Å². The number of hydrogen-bond acceptors (Lipinski definition) is 3. The summed E-state index contributed by atoms with van der Waals surface area (Å²) in [6, 6.07) is 5.70. The molecule has 0 aliphatic carbocycles. The van der Waals surface area contributed by atoms with Crippen molar-refractivity contribution in [3.63, 3.8) is 0 Å². The van der Waals surface area contributed by atoms with E-state index in [2.05, 4.69) is 15.9 Å². The Morgan fingerprint density at radius 1 is 1.58 bits per heavy atom. The highest BCUT2D eigenvalue weighted by Gasteiger charge is 2.38. The van der Waals surface area contributed by atoms with E-state index in [4.69, 9.17) is 17.3 Å². The molecule has 4 nitrogen and oxygen atoms in total. The van der Waals surface area contributed by atoms with Gasteiger partial charge in [-0.05, 0) is 53.0 Å². The summed E-state index contributed by atoms with van der Waals surface area (Å²) < 4.78 is 0.842. The number of halogens is 2. The van der Waals surface area contributed by atoms with Crippen LogP contribution in [0.3, 0.4) is 0 Å². The first-order valence-electron chi connectivity index (χ1n) is 6.09. The Morgan fingerprint density at radius 2 is 2.32 bits per heavy atom. The lowest BCUT2D eigenvalue weighted by molar-refractivity contribution is -0.142. The first-order chi connectivity index (χ1) is 8.90. The van der Waals surface area contributed by atoms with Crippen molar-refractivity contribution in [2.75, 3.05) is 13.1 Å². The number of β-amino-alcohol motifs (C(OH)–C–C–N with tert-alkyl or cyclic N) is 1. The third-order valence-electron chi connectivity index (χ3n) is 3.40. The maximum absolute atomic E-state index is 11.3. The summed E-state index contributed by atoms with van der Waals surface area (Å²) in [5.41, 5.74) is 4.93. The molecule has 1 aliphatic heterocycles. The second-order valence-electron chi connectivity index (χ2n) is 4.96. The zero-order chi connectivity index (χ0) is 14.0. The summed E-state index contributed by atoms with van der Waals surface area (Å²) in [6.45, 7) is 1.78. The smallest absolute Gasteiger partial charge is 0.250 e. The molecule has 1 saturated heterocycles. The van der Waals surface area contributed by atoms with Gasteiger partial charge in [0.05, 0.1) is 5.02 Å². The first kappa shape index (κ1) is 14.8. The molecule has 0 saturated carbocycles. The number of carbonyl (C=O) groups is 1. The second-order valence-corrected chi connectivity index (χ2v) is 6.22. The van der Waals surface area contributed by atoms with Crippen LogP contribution in [0.1, 0.15) is 18.4 Å². The molecule has 1 aromatic carbocycles. The van der Waals surface area contributed by atoms with E-state index in [9.17, 15) is 9.90 Å². The highest BCUT2D eigenvalue weighted by atomic mass is 79.9. The maximum atomic E-state index is 11.3. The Labute approximate surface area is 125 Å². The molecular formula is C13H16BrClN2O2. The standard InChI is InChI=1S/C13H16BrClN2O2/c14-10-6-9(2-3-11(10)15)7-17-5-1-4-13(19,8-17)12(16)18/h2-3,6,19H,1,4-5,7-8H2,(H2,16,18). The van der Waals surface area contributed by atoms with Crippen LogP contribution in [0.4, 0.5) is 0 Å². The SMILES string of the molecule is NC(=O)C1(O)CCCN(Cc2ccc(Cl)c(Br)c2)C1. The minimum Gasteiger partial charge on any atom is -0.379 e. The predicted molar refractivity (Wildman–Crippen MR) is 77.8 cm³/mol. The van der Waals surface area contributed by atoms with Gasteiger partial charge in [-0.15, -0.1) is 0 Å². The van der Waals surface area contributed by atoms with E-state index in [1.807, 2.05) is 23.1 Å². The molecule has 6 heteroatoms. The Hall–Kier alpha value is -0.620. The van der Waals surface area contributed by atoms with Crippen molar-refractivity contribution in [2.24, 2.45) is 5.73 Å². The van der Waals surface area contributed by atoms with Gasteiger partial charge in [-0.3, -0.25) is 9.69 Å². The number of benzene rings is 1. The molecule has 0 radical (unpaired) electrons. The highest BCUT2D eigenvalue weighted by Crippen LogP contribution is 2.26. The Kier molecular flexibility index (Phi) is 4.50. The first-order valence-corrected chi connectivity index (χ1v) is 7.26. The Balaban J connectivity index is 2.06. The molecule has 2 rings (SSSR count). The van der Waals surface area contributed by atoms with E-state index in [0.717, 1.165) is 23.0 Å². The van der Waals surface area contributed by atoms with E-state index in [1.54, 1.807) is 0 Å². The number of hydrogen-bond donors (Lipinski definition) is 2. The van der Waals surface area contributed by atoms with Crippen LogP contribution in [0.2, 0.25) is 5.02 Å². The van der Waals surface area contributed by atoms with E-state index in [0.29, 0.717) is 18.0 Å². The number of nitrogens with two attached hydrogens (primary N) is 1. The summed E-state index contributed by atoms with van der Waals surface area (Å²) in [6.07, 6.45) is 1.19. The van der Waals surface area contributed by atoms with E-state index in [-0.39, 0.29) is 6.54 Å². The number of piperidine rings is 1. The van der Waals surface area contributed by atoms with Crippen LogP contribution in [0.15, 0.2) is 22.7 Å². The highest BCUT2D eigenvalue weighted by molar-refractivity contribution is 9.10. The molecule has 1 fully saturated rings. The van der Waals surface area contributed by atoms with Gasteiger partial charge in [-0.1, -0.05) is 17.7 Å². The van der Waals surface area contributed by atoms with Crippen LogP contribution in [0, 0.1) is 0 Å². The second kappa shape index (κ2) is 5.79. The van der Waals surface area contributed by atoms with Gasteiger partial charge >= 0.3 is 0 Å². The van der Waals surface area contributed by atoms with Gasteiger partial charge in [0.25, 0.3) is 5.91 Å². The normalized spacial score (nSPS) is 24.4. The average Bonchev–Trinajstić information content (AvgIpc) is 2.34. The fraction of sp³-hybridized carbons (Fsp3) is 0.462. The van der Waals surface area contributed by atoms with Crippen molar-refractivity contribution in [2.45, 2.75) is 25.0 Å². The van der Waals surface area contributed by atoms with Crippen molar-refractivity contribution >= 4 is 33.4 Å². The number of amides is 1. The van der Waals surface area contributed by atoms with Crippen LogP contribution in [-0.4, -0.2) is 34.6 Å². The fourth-order valence-corrected chi connectivity index (χ4v) is 2.90. The average molecular weight is 348 g/mol. The van der Waals surface area contributed by atoms with E-state index >= 15 is 0 Å². The number of likely N-dealkylation sites (tertiary alicyclic amines) is 1. The van der Waals surface area contributed by atoms with Crippen LogP contribution in [0.25, 0.3) is 0 Å². The molecule has 1 aromatic rings. The van der Waals surface area contributed by atoms with Gasteiger partial charge in [0.2, 0.25) is 0 Å². The van der Waals surface area contributed by atoms with Crippen LogP contribution in [0.5, 0.6) is 0 Å². The van der Waals surface area contributed by atoms with E-state index < -0.39 is 11.5 Å². The number of carbonyl (C=O) groups excluding carboxylic acids is 1. The van der Waals surface area contributed by atoms with Crippen molar-refractivity contribution in [1.29, 1.82) is 0 Å². The van der Waals surface area contributed by atoms with Gasteiger partial charge in [0, 0.05) is 17.6 Å². The number of rotatable bonds is 3. The zero-order valence-electron chi connectivity index (χ0n) is 10.4. The summed E-state index contributed by atoms with van der Waals surface area (Å²) in [5, 5.41) is 10.8. The monoisotopic (exact) mass is 346 g/mol. The quantitative estimate of drug-likeness (QED) is 0.878. The molecule has 1 unspecified atom stereocenters. The topological polar surface area (TPSA) is 66.6 Å². The molecule has 19 heavy (non-hydrogen) atoms. The molecule has 104 valence electrons. The summed E-state index contributed by atoms with van der Waals surface area (Å²) in [7, 11) is 0. The molecule has 1 aliphatic rings. The lowest BCUT2D eigenvalue weighted by atomic mass is 9.92. The van der Waals surface area contributed by atoms with Crippen LogP contribution < -0.4 is 5.73 Å². The lowest BCUT2D eigenvalue weighted by Gasteiger charge is -2.37. The molecular weight excluding hydrogens is 332 g/mol. The third-order valence-corrected chi connectivity index (χ3v) is 4.61. The van der Waals surface area contributed by atoms with Gasteiger partial charge in [0.1, 0.15) is 0 Å². The summed E-state index contributed by atoms with van der Waals surface area (Å²) in [5.74, 6) is -0.644. The summed E-state index contributed by atoms with van der Waals surface area (Å²) >= 11 is 9.33. The zero-order valence-corrected chi connectivity index (χ0v) is 12.7. The molecule has 1 atom stereocenters. The fourth-order valence-electron chi connectivity index (χ4n) is 2.36. The van der Waals surface area contributed by atoms with Crippen molar-refractivity contribution < 1.29 is 9.90 Å². The third kappa shape index (κ3) is 3.48. The van der Waals surface area contributed by atoms with Gasteiger partial charge in [-0.25, -0.2) is 0 Å². The van der Waals surface area contributed by atoms with E-state index in [1.165, 1.54) is 0 Å². The number of primary amides is 1. The molecule has 0 spiro atoms. The largest absolute Gasteiger partial charge is 0.379 e. The minimum absolute atomic E-state index is 0.280. The number of aliphatic hydroxyl groups is 1. The number of nitrogens with zero attached hydrogens (tertiary/aromatic N) is 1. The van der Waals surface area contributed by atoms with Gasteiger partial charge in [-0.2, -0.15) is 0 Å². The molecule has 0 aromatic heterocycles. The van der Waals surface area contributed by atoms with Gasteiger partial charge < -0.3 is 10.8 Å². The Morgan fingerprint density at radius 3 is 2.95 bits per heavy atom. The predicted octanol–water partition coefficient (Wildman–Crippen LogP) is 1.91. The van der Waals surface area contributed by atoms with Crippen LogP contribution >= 0.6 is 27.5 Å². The Bertz CT molecular complexity index is 498.